The lowest BCUT2D eigenvalue weighted by molar-refractivity contribution is -0.139. The van der Waals surface area contributed by atoms with Crippen LogP contribution in [0.15, 0.2) is 12.4 Å². The monoisotopic (exact) mass is 298 g/mol. The van der Waals surface area contributed by atoms with Crippen molar-refractivity contribution >= 4 is 17.7 Å². The van der Waals surface area contributed by atoms with Crippen LogP contribution in [0.3, 0.4) is 0 Å². The first-order chi connectivity index (χ1) is 9.92. The van der Waals surface area contributed by atoms with Crippen molar-refractivity contribution in [3.05, 3.63) is 12.4 Å². The molecule has 118 valence electrons. The largest absolute Gasteiger partial charge is 0.480 e. The van der Waals surface area contributed by atoms with E-state index >= 15 is 0 Å². The minimum absolute atomic E-state index is 0.170. The highest BCUT2D eigenvalue weighted by atomic mass is 16.5. The molecule has 3 N–H and O–H groups in total. The van der Waals surface area contributed by atoms with Crippen molar-refractivity contribution in [2.24, 2.45) is 5.92 Å². The van der Waals surface area contributed by atoms with Crippen LogP contribution in [0.1, 0.15) is 20.3 Å². The van der Waals surface area contributed by atoms with Crippen LogP contribution in [0, 0.1) is 5.92 Å². The standard InChI is InChI=1S/C13H22N4O4/c1-9(2)6-11(12(18)19)16-13(20)15-10-7-14-17(8-10)4-5-21-3/h7-9,11H,4-6H2,1-3H3,(H,18,19)(H2,15,16,20). The number of ether oxygens (including phenoxy) is 1. The van der Waals surface area contributed by atoms with Gasteiger partial charge < -0.3 is 20.5 Å². The van der Waals surface area contributed by atoms with Gasteiger partial charge in [0.25, 0.3) is 0 Å². The van der Waals surface area contributed by atoms with Gasteiger partial charge in [-0.15, -0.1) is 0 Å². The number of rotatable bonds is 8. The molecule has 0 aromatic carbocycles. The molecule has 0 aliphatic rings. The second-order valence-corrected chi connectivity index (χ2v) is 5.10. The third-order valence-corrected chi connectivity index (χ3v) is 2.73. The number of hydrogen-bond acceptors (Lipinski definition) is 4. The second kappa shape index (κ2) is 8.25. The Morgan fingerprint density at radius 1 is 1.48 bits per heavy atom. The molecule has 0 radical (unpaired) electrons. The molecule has 1 heterocycles. The Labute approximate surface area is 123 Å². The van der Waals surface area contributed by atoms with E-state index in [-0.39, 0.29) is 5.92 Å². The maximum atomic E-state index is 11.8. The third kappa shape index (κ3) is 6.26. The normalized spacial score (nSPS) is 12.2. The summed E-state index contributed by atoms with van der Waals surface area (Å²) in [5, 5.41) is 18.1. The lowest BCUT2D eigenvalue weighted by Crippen LogP contribution is -2.43. The Hall–Kier alpha value is -2.09. The molecule has 1 atom stereocenters. The molecule has 0 aliphatic carbocycles. The van der Waals surface area contributed by atoms with Gasteiger partial charge in [0.15, 0.2) is 0 Å². The van der Waals surface area contributed by atoms with Crippen LogP contribution < -0.4 is 10.6 Å². The molecule has 1 aromatic rings. The second-order valence-electron chi connectivity index (χ2n) is 5.10. The van der Waals surface area contributed by atoms with Crippen LogP contribution in [-0.2, 0) is 16.1 Å². The highest BCUT2D eigenvalue weighted by Crippen LogP contribution is 2.07. The number of nitrogens with zero attached hydrogens (tertiary/aromatic N) is 2. The van der Waals surface area contributed by atoms with Gasteiger partial charge in [-0.3, -0.25) is 4.68 Å². The maximum Gasteiger partial charge on any atom is 0.326 e. The van der Waals surface area contributed by atoms with Gasteiger partial charge >= 0.3 is 12.0 Å². The summed E-state index contributed by atoms with van der Waals surface area (Å²) in [6, 6.07) is -1.47. The predicted octanol–water partition coefficient (Wildman–Crippen LogP) is 1.15. The molecule has 8 heteroatoms. The zero-order valence-electron chi connectivity index (χ0n) is 12.5. The number of carbonyl (C=O) groups is 2. The van der Waals surface area contributed by atoms with Crippen molar-refractivity contribution in [2.75, 3.05) is 19.0 Å². The summed E-state index contributed by atoms with van der Waals surface area (Å²) < 4.78 is 6.55. The quantitative estimate of drug-likeness (QED) is 0.667. The number of carboxylic acid groups (broad SMARTS) is 1. The van der Waals surface area contributed by atoms with E-state index in [0.29, 0.717) is 25.3 Å². The van der Waals surface area contributed by atoms with E-state index in [0.717, 1.165) is 0 Å². The van der Waals surface area contributed by atoms with E-state index in [1.165, 1.54) is 6.20 Å². The summed E-state index contributed by atoms with van der Waals surface area (Å²) in [5.41, 5.74) is 0.497. The molecule has 21 heavy (non-hydrogen) atoms. The lowest BCUT2D eigenvalue weighted by Gasteiger charge is -2.16. The summed E-state index contributed by atoms with van der Waals surface area (Å²) in [4.78, 5) is 22.9. The van der Waals surface area contributed by atoms with Crippen LogP contribution in [0.25, 0.3) is 0 Å². The number of urea groups is 1. The van der Waals surface area contributed by atoms with E-state index in [1.807, 2.05) is 13.8 Å². The Balaban J connectivity index is 2.51. The topological polar surface area (TPSA) is 105 Å². The van der Waals surface area contributed by atoms with Gasteiger partial charge in [-0.1, -0.05) is 13.8 Å². The highest BCUT2D eigenvalue weighted by molar-refractivity contribution is 5.91. The number of aliphatic carboxylic acids is 1. The van der Waals surface area contributed by atoms with Crippen LogP contribution >= 0.6 is 0 Å². The molecule has 1 unspecified atom stereocenters. The average molecular weight is 298 g/mol. The summed E-state index contributed by atoms with van der Waals surface area (Å²) in [7, 11) is 1.59. The first-order valence-electron chi connectivity index (χ1n) is 6.74. The first kappa shape index (κ1) is 17.0. The molecule has 8 nitrogen and oxygen atoms in total. The Kier molecular flexibility index (Phi) is 6.67. The molecule has 2 amide bonds. The van der Waals surface area contributed by atoms with Crippen LogP contribution in [0.2, 0.25) is 0 Å². The molecule has 0 aliphatic heterocycles. The van der Waals surface area contributed by atoms with E-state index in [4.69, 9.17) is 9.84 Å². The summed E-state index contributed by atoms with van der Waals surface area (Å²) in [6.45, 7) is 4.89. The van der Waals surface area contributed by atoms with E-state index in [1.54, 1.807) is 18.0 Å². The van der Waals surface area contributed by atoms with Gasteiger partial charge in [-0.2, -0.15) is 5.10 Å². The summed E-state index contributed by atoms with van der Waals surface area (Å²) in [5.74, 6) is -0.877. The summed E-state index contributed by atoms with van der Waals surface area (Å²) >= 11 is 0. The number of aromatic nitrogens is 2. The minimum Gasteiger partial charge on any atom is -0.480 e. The Morgan fingerprint density at radius 2 is 2.19 bits per heavy atom. The van der Waals surface area contributed by atoms with Crippen molar-refractivity contribution < 1.29 is 19.4 Å². The fourth-order valence-electron chi connectivity index (χ4n) is 1.75. The number of nitrogens with one attached hydrogen (secondary N) is 2. The van der Waals surface area contributed by atoms with Crippen molar-refractivity contribution in [1.29, 1.82) is 0 Å². The van der Waals surface area contributed by atoms with Crippen molar-refractivity contribution in [1.82, 2.24) is 15.1 Å². The zero-order valence-corrected chi connectivity index (χ0v) is 12.5. The van der Waals surface area contributed by atoms with Crippen LogP contribution in [0.4, 0.5) is 10.5 Å². The number of anilines is 1. The van der Waals surface area contributed by atoms with Gasteiger partial charge in [0, 0.05) is 13.3 Å². The Morgan fingerprint density at radius 3 is 2.76 bits per heavy atom. The average Bonchev–Trinajstić information content (AvgIpc) is 2.82. The molecule has 0 fully saturated rings. The number of hydrogen-bond donors (Lipinski definition) is 3. The van der Waals surface area contributed by atoms with E-state index in [2.05, 4.69) is 15.7 Å². The molecule has 1 aromatic heterocycles. The maximum absolute atomic E-state index is 11.8. The smallest absolute Gasteiger partial charge is 0.326 e. The van der Waals surface area contributed by atoms with Crippen LogP contribution in [-0.4, -0.2) is 46.6 Å². The minimum atomic E-state index is -1.05. The third-order valence-electron chi connectivity index (χ3n) is 2.73. The van der Waals surface area contributed by atoms with Gasteiger partial charge in [-0.25, -0.2) is 9.59 Å². The number of methoxy groups -OCH3 is 1. The molecule has 0 saturated carbocycles. The fourth-order valence-corrected chi connectivity index (χ4v) is 1.75. The molecule has 0 saturated heterocycles. The molecule has 0 spiro atoms. The Bertz CT molecular complexity index is 472. The SMILES string of the molecule is COCCn1cc(NC(=O)NC(CC(C)C)C(=O)O)cn1. The fraction of sp³-hybridized carbons (Fsp3) is 0.615. The van der Waals surface area contributed by atoms with Gasteiger partial charge in [0.05, 0.1) is 25.0 Å². The van der Waals surface area contributed by atoms with E-state index < -0.39 is 18.0 Å². The zero-order chi connectivity index (χ0) is 15.8. The number of carboxylic acids is 1. The molecule has 0 bridgehead atoms. The highest BCUT2D eigenvalue weighted by Gasteiger charge is 2.21. The van der Waals surface area contributed by atoms with Crippen LogP contribution in [0.5, 0.6) is 0 Å². The predicted molar refractivity (Wildman–Crippen MR) is 77.1 cm³/mol. The van der Waals surface area contributed by atoms with Crippen molar-refractivity contribution in [3.63, 3.8) is 0 Å². The molecular weight excluding hydrogens is 276 g/mol. The van der Waals surface area contributed by atoms with Gasteiger partial charge in [0.2, 0.25) is 0 Å². The number of carbonyl (C=O) groups excluding carboxylic acids is 1. The van der Waals surface area contributed by atoms with Crippen molar-refractivity contribution in [2.45, 2.75) is 32.9 Å². The molecule has 1 rings (SSSR count). The van der Waals surface area contributed by atoms with Gasteiger partial charge in [0.1, 0.15) is 6.04 Å². The molecular formula is C13H22N4O4. The number of amides is 2. The van der Waals surface area contributed by atoms with Gasteiger partial charge in [-0.05, 0) is 12.3 Å². The van der Waals surface area contributed by atoms with E-state index in [9.17, 15) is 9.59 Å². The first-order valence-corrected chi connectivity index (χ1v) is 6.74. The van der Waals surface area contributed by atoms with Crippen molar-refractivity contribution in [3.8, 4) is 0 Å². The lowest BCUT2D eigenvalue weighted by atomic mass is 10.0. The summed E-state index contributed by atoms with van der Waals surface area (Å²) in [6.07, 6.45) is 3.51.